The van der Waals surface area contributed by atoms with E-state index < -0.39 is 12.2 Å². The Labute approximate surface area is 113 Å². The fraction of sp³-hybridized carbons (Fsp3) is 0.857. The molecule has 5 nitrogen and oxygen atoms in total. The second kappa shape index (κ2) is 6.01. The molecule has 2 amide bonds. The van der Waals surface area contributed by atoms with Crippen molar-refractivity contribution in [2.45, 2.75) is 57.7 Å². The van der Waals surface area contributed by atoms with Gasteiger partial charge < -0.3 is 10.2 Å². The number of aliphatic hydroxyl groups excluding tert-OH is 2. The van der Waals surface area contributed by atoms with Crippen LogP contribution in [0.2, 0.25) is 0 Å². The van der Waals surface area contributed by atoms with Gasteiger partial charge in [-0.3, -0.25) is 14.9 Å². The van der Waals surface area contributed by atoms with Gasteiger partial charge in [0.05, 0.1) is 12.2 Å². The highest BCUT2D eigenvalue weighted by Crippen LogP contribution is 2.34. The van der Waals surface area contributed by atoms with Crippen LogP contribution in [0.5, 0.6) is 0 Å². The fourth-order valence-electron chi connectivity index (χ4n) is 3.40. The monoisotopic (exact) mass is 269 g/mol. The summed E-state index contributed by atoms with van der Waals surface area (Å²) in [6, 6.07) is 0. The van der Waals surface area contributed by atoms with E-state index in [9.17, 15) is 19.8 Å². The summed E-state index contributed by atoms with van der Waals surface area (Å²) in [5, 5.41) is 22.7. The molecule has 0 aromatic heterocycles. The molecule has 1 aliphatic heterocycles. The number of nitrogens with one attached hydrogen (secondary N) is 1. The molecule has 0 aromatic carbocycles. The zero-order valence-corrected chi connectivity index (χ0v) is 11.3. The summed E-state index contributed by atoms with van der Waals surface area (Å²) in [5.74, 6) is -0.522. The summed E-state index contributed by atoms with van der Waals surface area (Å²) in [7, 11) is 0. The predicted octanol–water partition coefficient (Wildman–Crippen LogP) is 0.587. The van der Waals surface area contributed by atoms with Crippen molar-refractivity contribution in [3.63, 3.8) is 0 Å². The number of hydrogen-bond donors (Lipinski definition) is 3. The van der Waals surface area contributed by atoms with Crippen molar-refractivity contribution < 1.29 is 19.8 Å². The van der Waals surface area contributed by atoms with Crippen molar-refractivity contribution in [2.24, 2.45) is 17.8 Å². The average Bonchev–Trinajstić information content (AvgIpc) is 2.31. The largest absolute Gasteiger partial charge is 0.393 e. The molecule has 2 aliphatic rings. The van der Waals surface area contributed by atoms with Gasteiger partial charge >= 0.3 is 0 Å². The van der Waals surface area contributed by atoms with Crippen LogP contribution in [-0.2, 0) is 9.59 Å². The van der Waals surface area contributed by atoms with Crippen LogP contribution in [0.3, 0.4) is 0 Å². The third kappa shape index (κ3) is 3.54. The summed E-state index contributed by atoms with van der Waals surface area (Å²) in [5.41, 5.74) is 0. The molecule has 0 unspecified atom stereocenters. The first-order valence-electron chi connectivity index (χ1n) is 7.16. The molecule has 0 spiro atoms. The number of aliphatic hydroxyl groups is 2. The van der Waals surface area contributed by atoms with Crippen molar-refractivity contribution in [2.75, 3.05) is 0 Å². The maximum atomic E-state index is 11.3. The van der Waals surface area contributed by atoms with E-state index in [0.29, 0.717) is 19.3 Å². The molecule has 4 atom stereocenters. The van der Waals surface area contributed by atoms with E-state index in [2.05, 4.69) is 5.32 Å². The molecule has 0 aromatic rings. The van der Waals surface area contributed by atoms with Crippen LogP contribution in [0.25, 0.3) is 0 Å². The highest BCUT2D eigenvalue weighted by molar-refractivity contribution is 5.97. The molecular formula is C14H23NO4. The number of hydrogen-bond acceptors (Lipinski definition) is 4. The van der Waals surface area contributed by atoms with Gasteiger partial charge in [0.1, 0.15) is 0 Å². The van der Waals surface area contributed by atoms with E-state index in [4.69, 9.17) is 0 Å². The van der Waals surface area contributed by atoms with Crippen LogP contribution in [0.15, 0.2) is 0 Å². The zero-order valence-electron chi connectivity index (χ0n) is 11.3. The lowest BCUT2D eigenvalue weighted by Gasteiger charge is -2.37. The quantitative estimate of drug-likeness (QED) is 0.654. The zero-order chi connectivity index (χ0) is 14.0. The van der Waals surface area contributed by atoms with Gasteiger partial charge in [0.15, 0.2) is 0 Å². The molecule has 1 saturated carbocycles. The van der Waals surface area contributed by atoms with Gasteiger partial charge in [-0.25, -0.2) is 0 Å². The summed E-state index contributed by atoms with van der Waals surface area (Å²) in [6.45, 7) is 2.00. The summed E-state index contributed by atoms with van der Waals surface area (Å²) in [6.07, 6.45) is 2.74. The minimum absolute atomic E-state index is 0.0966. The number of carbonyl (C=O) groups excluding carboxylic acids is 2. The number of rotatable bonds is 3. The van der Waals surface area contributed by atoms with Gasteiger partial charge in [0, 0.05) is 18.8 Å². The number of amides is 2. The van der Waals surface area contributed by atoms with Gasteiger partial charge in [0.25, 0.3) is 0 Å². The van der Waals surface area contributed by atoms with Crippen LogP contribution in [-0.4, -0.2) is 34.2 Å². The second-order valence-corrected chi connectivity index (χ2v) is 6.11. The van der Waals surface area contributed by atoms with E-state index in [0.717, 1.165) is 19.3 Å². The van der Waals surface area contributed by atoms with E-state index in [1.165, 1.54) is 0 Å². The molecule has 0 bridgehead atoms. The van der Waals surface area contributed by atoms with Crippen molar-refractivity contribution in [1.82, 2.24) is 5.32 Å². The second-order valence-electron chi connectivity index (χ2n) is 6.11. The molecule has 2 rings (SSSR count). The summed E-state index contributed by atoms with van der Waals surface area (Å²) < 4.78 is 0. The SMILES string of the molecule is C[C@H]1CCC[C@@H]([C@H](O)CC2CC(=O)NC(=O)C2)[C@@H]1O. The highest BCUT2D eigenvalue weighted by atomic mass is 16.3. The lowest BCUT2D eigenvalue weighted by atomic mass is 9.74. The van der Waals surface area contributed by atoms with E-state index >= 15 is 0 Å². The van der Waals surface area contributed by atoms with Crippen molar-refractivity contribution in [3.05, 3.63) is 0 Å². The van der Waals surface area contributed by atoms with Gasteiger partial charge in [0.2, 0.25) is 11.8 Å². The standard InChI is InChI=1S/C14H23NO4/c1-8-3-2-4-10(14(8)19)11(16)5-9-6-12(17)15-13(18)7-9/h8-11,14,16,19H,2-7H2,1H3,(H,15,17,18)/t8-,10-,11+,14+/m0/s1. The average molecular weight is 269 g/mol. The number of piperidine rings is 1. The Morgan fingerprint density at radius 3 is 2.53 bits per heavy atom. The fourth-order valence-corrected chi connectivity index (χ4v) is 3.40. The lowest BCUT2D eigenvalue weighted by molar-refractivity contribution is -0.135. The Hall–Kier alpha value is -0.940. The number of carbonyl (C=O) groups is 2. The molecule has 1 aliphatic carbocycles. The molecule has 5 heteroatoms. The van der Waals surface area contributed by atoms with Gasteiger partial charge in [-0.05, 0) is 31.1 Å². The molecule has 108 valence electrons. The van der Waals surface area contributed by atoms with Crippen LogP contribution >= 0.6 is 0 Å². The lowest BCUT2D eigenvalue weighted by Crippen LogP contribution is -2.43. The van der Waals surface area contributed by atoms with Crippen molar-refractivity contribution in [3.8, 4) is 0 Å². The smallest absolute Gasteiger partial charge is 0.226 e. The molecular weight excluding hydrogens is 246 g/mol. The maximum absolute atomic E-state index is 11.3. The van der Waals surface area contributed by atoms with Crippen molar-refractivity contribution >= 4 is 11.8 Å². The Morgan fingerprint density at radius 1 is 1.26 bits per heavy atom. The molecule has 1 saturated heterocycles. The van der Waals surface area contributed by atoms with E-state index in [1.807, 2.05) is 6.92 Å². The molecule has 2 fully saturated rings. The first-order chi connectivity index (χ1) is 8.97. The minimum Gasteiger partial charge on any atom is -0.393 e. The van der Waals surface area contributed by atoms with Crippen LogP contribution in [0.1, 0.15) is 45.4 Å². The molecule has 1 heterocycles. The number of imide groups is 1. The highest BCUT2D eigenvalue weighted by Gasteiger charge is 2.36. The van der Waals surface area contributed by atoms with Crippen LogP contribution < -0.4 is 5.32 Å². The van der Waals surface area contributed by atoms with E-state index in [1.54, 1.807) is 0 Å². The van der Waals surface area contributed by atoms with Crippen molar-refractivity contribution in [1.29, 1.82) is 0 Å². The predicted molar refractivity (Wildman–Crippen MR) is 69.0 cm³/mol. The molecule has 3 N–H and O–H groups in total. The Morgan fingerprint density at radius 2 is 1.89 bits per heavy atom. The third-order valence-corrected chi connectivity index (χ3v) is 4.51. The first kappa shape index (κ1) is 14.5. The van der Waals surface area contributed by atoms with Gasteiger partial charge in [-0.1, -0.05) is 13.3 Å². The van der Waals surface area contributed by atoms with Crippen LogP contribution in [0.4, 0.5) is 0 Å². The van der Waals surface area contributed by atoms with Crippen LogP contribution in [0, 0.1) is 17.8 Å². The first-order valence-corrected chi connectivity index (χ1v) is 7.16. The minimum atomic E-state index is -0.624. The summed E-state index contributed by atoms with van der Waals surface area (Å²) in [4.78, 5) is 22.6. The van der Waals surface area contributed by atoms with Gasteiger partial charge in [-0.2, -0.15) is 0 Å². The Bertz CT molecular complexity index is 341. The molecule has 0 radical (unpaired) electrons. The normalized spacial score (nSPS) is 35.0. The summed E-state index contributed by atoms with van der Waals surface area (Å²) >= 11 is 0. The Balaban J connectivity index is 1.91. The maximum Gasteiger partial charge on any atom is 0.226 e. The van der Waals surface area contributed by atoms with E-state index in [-0.39, 0.29) is 29.6 Å². The topological polar surface area (TPSA) is 86.6 Å². The Kier molecular flexibility index (Phi) is 4.58. The third-order valence-electron chi connectivity index (χ3n) is 4.51. The molecule has 19 heavy (non-hydrogen) atoms. The van der Waals surface area contributed by atoms with Gasteiger partial charge in [-0.15, -0.1) is 0 Å².